The van der Waals surface area contributed by atoms with Gasteiger partial charge >= 0.3 is 5.69 Å². The first-order valence-corrected chi connectivity index (χ1v) is 6.20. The normalized spacial score (nSPS) is 11.9. The Morgan fingerprint density at radius 3 is 2.68 bits per heavy atom. The second-order valence-corrected chi connectivity index (χ2v) is 4.20. The Kier molecular flexibility index (Phi) is 6.08. The molecule has 0 aliphatic heterocycles. The highest BCUT2D eigenvalue weighted by atomic mass is 16.6. The van der Waals surface area contributed by atoms with E-state index in [1.54, 1.807) is 25.3 Å². The van der Waals surface area contributed by atoms with Crippen LogP contribution in [-0.2, 0) is 4.74 Å². The molecule has 1 aromatic rings. The number of nitro groups is 1. The Morgan fingerprint density at radius 2 is 2.16 bits per heavy atom. The van der Waals surface area contributed by atoms with Gasteiger partial charge in [0, 0.05) is 13.2 Å². The molecule has 0 saturated heterocycles. The maximum atomic E-state index is 11.2. The number of para-hydroxylation sites is 1. The van der Waals surface area contributed by atoms with Gasteiger partial charge in [0.25, 0.3) is 0 Å². The zero-order valence-electron chi connectivity index (χ0n) is 11.5. The smallest absolute Gasteiger partial charge is 0.333 e. The first kappa shape index (κ1) is 15.2. The van der Waals surface area contributed by atoms with E-state index in [1.165, 1.54) is 7.11 Å². The molecule has 0 fully saturated rings. The van der Waals surface area contributed by atoms with Crippen LogP contribution in [0, 0.1) is 10.1 Å². The molecule has 0 aliphatic rings. The lowest BCUT2D eigenvalue weighted by atomic mass is 10.1. The molecule has 0 amide bonds. The van der Waals surface area contributed by atoms with Gasteiger partial charge in [-0.05, 0) is 18.6 Å². The summed E-state index contributed by atoms with van der Waals surface area (Å²) >= 11 is 0. The number of nitrogens with zero attached hydrogens (tertiary/aromatic N) is 1. The van der Waals surface area contributed by atoms with Crippen LogP contribution in [0.4, 0.5) is 11.4 Å². The number of ether oxygens (including phenoxy) is 2. The Balaban J connectivity index is 3.01. The molecule has 1 rings (SSSR count). The Morgan fingerprint density at radius 1 is 1.42 bits per heavy atom. The lowest BCUT2D eigenvalue weighted by Crippen LogP contribution is -2.25. The van der Waals surface area contributed by atoms with Gasteiger partial charge in [0.05, 0.1) is 18.6 Å². The summed E-state index contributed by atoms with van der Waals surface area (Å²) in [5.74, 6) is 0.252. The summed E-state index contributed by atoms with van der Waals surface area (Å²) in [4.78, 5) is 10.7. The largest absolute Gasteiger partial charge is 0.490 e. The van der Waals surface area contributed by atoms with Crippen LogP contribution < -0.4 is 10.1 Å². The second-order valence-electron chi connectivity index (χ2n) is 4.20. The van der Waals surface area contributed by atoms with Crippen LogP contribution in [0.1, 0.15) is 19.8 Å². The number of methoxy groups -OCH3 is 2. The van der Waals surface area contributed by atoms with Gasteiger partial charge < -0.3 is 14.8 Å². The monoisotopic (exact) mass is 268 g/mol. The Labute approximate surface area is 112 Å². The van der Waals surface area contributed by atoms with Crippen molar-refractivity contribution in [1.29, 1.82) is 0 Å². The molecule has 0 spiro atoms. The third-order valence-electron chi connectivity index (χ3n) is 2.77. The molecule has 1 aromatic carbocycles. The maximum absolute atomic E-state index is 11.2. The molecule has 19 heavy (non-hydrogen) atoms. The van der Waals surface area contributed by atoms with Crippen LogP contribution in [0.25, 0.3) is 0 Å². The predicted molar refractivity (Wildman–Crippen MR) is 73.8 cm³/mol. The fourth-order valence-electron chi connectivity index (χ4n) is 1.96. The zero-order valence-corrected chi connectivity index (χ0v) is 11.5. The third-order valence-corrected chi connectivity index (χ3v) is 2.77. The predicted octanol–water partition coefficient (Wildman–Crippen LogP) is 2.83. The summed E-state index contributed by atoms with van der Waals surface area (Å²) in [7, 11) is 3.04. The fraction of sp³-hybridized carbons (Fsp3) is 0.538. The van der Waals surface area contributed by atoms with Gasteiger partial charge in [0.2, 0.25) is 0 Å². The molecule has 0 aromatic heterocycles. The fourth-order valence-corrected chi connectivity index (χ4v) is 1.96. The van der Waals surface area contributed by atoms with Crippen molar-refractivity contribution in [1.82, 2.24) is 0 Å². The summed E-state index contributed by atoms with van der Waals surface area (Å²) in [6, 6.07) is 5.03. The highest BCUT2D eigenvalue weighted by Crippen LogP contribution is 2.35. The molecule has 1 N–H and O–H groups in total. The van der Waals surface area contributed by atoms with Crippen LogP contribution in [0.3, 0.4) is 0 Å². The first-order chi connectivity index (χ1) is 9.13. The van der Waals surface area contributed by atoms with Gasteiger partial charge in [-0.1, -0.05) is 19.4 Å². The van der Waals surface area contributed by atoms with E-state index in [9.17, 15) is 10.1 Å². The number of nitro benzene ring substituents is 1. The van der Waals surface area contributed by atoms with E-state index in [-0.39, 0.29) is 17.5 Å². The molecule has 6 nitrogen and oxygen atoms in total. The number of benzene rings is 1. The summed E-state index contributed by atoms with van der Waals surface area (Å²) in [5.41, 5.74) is 0.419. The summed E-state index contributed by atoms with van der Waals surface area (Å²) < 4.78 is 10.2. The van der Waals surface area contributed by atoms with Crippen LogP contribution in [-0.4, -0.2) is 31.8 Å². The van der Waals surface area contributed by atoms with Crippen molar-refractivity contribution in [3.05, 3.63) is 28.3 Å². The second kappa shape index (κ2) is 7.58. The standard InChI is InChI=1S/C13H20N2O4/c1-4-6-10(9-18-2)14-11-7-5-8-12(19-3)13(11)15(16)17/h5,7-8,10,14H,4,6,9H2,1-3H3. The van der Waals surface area contributed by atoms with Gasteiger partial charge in [-0.2, -0.15) is 0 Å². The number of hydrogen-bond donors (Lipinski definition) is 1. The lowest BCUT2D eigenvalue weighted by Gasteiger charge is -2.18. The van der Waals surface area contributed by atoms with Gasteiger partial charge in [-0.3, -0.25) is 10.1 Å². The average molecular weight is 268 g/mol. The van der Waals surface area contributed by atoms with E-state index in [1.807, 2.05) is 0 Å². The molecule has 0 saturated carbocycles. The van der Waals surface area contributed by atoms with E-state index in [0.717, 1.165) is 12.8 Å². The quantitative estimate of drug-likeness (QED) is 0.579. The molecule has 0 heterocycles. The molecular formula is C13H20N2O4. The van der Waals surface area contributed by atoms with E-state index >= 15 is 0 Å². The van der Waals surface area contributed by atoms with Crippen molar-refractivity contribution < 1.29 is 14.4 Å². The lowest BCUT2D eigenvalue weighted by molar-refractivity contribution is -0.384. The van der Waals surface area contributed by atoms with Crippen molar-refractivity contribution in [2.24, 2.45) is 0 Å². The van der Waals surface area contributed by atoms with Crippen LogP contribution in [0.5, 0.6) is 5.75 Å². The van der Waals surface area contributed by atoms with E-state index in [4.69, 9.17) is 9.47 Å². The molecule has 6 heteroatoms. The SMILES string of the molecule is CCCC(COC)Nc1cccc(OC)c1[N+](=O)[O-]. The van der Waals surface area contributed by atoms with Crippen molar-refractivity contribution in [3.8, 4) is 5.75 Å². The Hall–Kier alpha value is -1.82. The third kappa shape index (κ3) is 4.10. The van der Waals surface area contributed by atoms with Gasteiger partial charge in [0.15, 0.2) is 5.75 Å². The highest BCUT2D eigenvalue weighted by molar-refractivity contribution is 5.68. The van der Waals surface area contributed by atoms with Crippen LogP contribution in [0.2, 0.25) is 0 Å². The number of rotatable bonds is 8. The maximum Gasteiger partial charge on any atom is 0.333 e. The minimum absolute atomic E-state index is 0.0396. The average Bonchev–Trinajstić information content (AvgIpc) is 2.38. The number of hydrogen-bond acceptors (Lipinski definition) is 5. The van der Waals surface area contributed by atoms with Crippen molar-refractivity contribution in [3.63, 3.8) is 0 Å². The highest BCUT2D eigenvalue weighted by Gasteiger charge is 2.22. The van der Waals surface area contributed by atoms with Gasteiger partial charge in [0.1, 0.15) is 5.69 Å². The molecule has 0 bridgehead atoms. The molecule has 1 atom stereocenters. The van der Waals surface area contributed by atoms with Crippen LogP contribution in [0.15, 0.2) is 18.2 Å². The van der Waals surface area contributed by atoms with Crippen molar-refractivity contribution >= 4 is 11.4 Å². The van der Waals surface area contributed by atoms with Gasteiger partial charge in [-0.25, -0.2) is 0 Å². The first-order valence-electron chi connectivity index (χ1n) is 6.20. The van der Waals surface area contributed by atoms with Crippen molar-refractivity contribution in [2.75, 3.05) is 26.1 Å². The summed E-state index contributed by atoms with van der Waals surface area (Å²) in [6.07, 6.45) is 1.85. The number of nitrogens with one attached hydrogen (secondary N) is 1. The molecular weight excluding hydrogens is 248 g/mol. The molecule has 0 radical (unpaired) electrons. The minimum atomic E-state index is -0.434. The summed E-state index contributed by atoms with van der Waals surface area (Å²) in [6.45, 7) is 2.56. The number of anilines is 1. The Bertz CT molecular complexity index is 417. The van der Waals surface area contributed by atoms with E-state index in [0.29, 0.717) is 12.3 Å². The molecule has 106 valence electrons. The van der Waals surface area contributed by atoms with Crippen LogP contribution >= 0.6 is 0 Å². The topological polar surface area (TPSA) is 73.6 Å². The summed E-state index contributed by atoms with van der Waals surface area (Å²) in [5, 5.41) is 14.3. The van der Waals surface area contributed by atoms with E-state index in [2.05, 4.69) is 12.2 Å². The minimum Gasteiger partial charge on any atom is -0.490 e. The zero-order chi connectivity index (χ0) is 14.3. The van der Waals surface area contributed by atoms with Gasteiger partial charge in [-0.15, -0.1) is 0 Å². The van der Waals surface area contributed by atoms with E-state index < -0.39 is 4.92 Å². The molecule has 1 unspecified atom stereocenters. The molecule has 0 aliphatic carbocycles. The van der Waals surface area contributed by atoms with Crippen molar-refractivity contribution in [2.45, 2.75) is 25.8 Å².